The van der Waals surface area contributed by atoms with E-state index in [4.69, 9.17) is 4.74 Å². The van der Waals surface area contributed by atoms with Gasteiger partial charge in [-0.3, -0.25) is 9.59 Å². The van der Waals surface area contributed by atoms with Gasteiger partial charge in [0.2, 0.25) is 5.91 Å². The number of benzene rings is 2. The number of alkyl carbamates (subject to hydrolysis) is 1. The molecular weight excluding hydrogens is 432 g/mol. The maximum absolute atomic E-state index is 12.8. The molecule has 0 radical (unpaired) electrons. The minimum Gasteiger partial charge on any atom is -0.481 e. The van der Waals surface area contributed by atoms with E-state index in [0.717, 1.165) is 35.1 Å². The van der Waals surface area contributed by atoms with Gasteiger partial charge in [-0.25, -0.2) is 4.79 Å². The van der Waals surface area contributed by atoms with Gasteiger partial charge in [0.05, 0.1) is 11.0 Å². The first-order chi connectivity index (χ1) is 16.1. The molecule has 2 amide bonds. The first kappa shape index (κ1) is 23.8. The number of carboxylic acids is 1. The fourth-order valence-electron chi connectivity index (χ4n) is 4.67. The zero-order valence-electron chi connectivity index (χ0n) is 19.9. The SMILES string of the molecule is CC(C)(CNC(=O)CC(C)(NC(=O)OCC1c2ccccc2-c2ccccc21)C1CC1)C(=O)O. The second-order valence-corrected chi connectivity index (χ2v) is 10.3. The summed E-state index contributed by atoms with van der Waals surface area (Å²) in [7, 11) is 0. The summed E-state index contributed by atoms with van der Waals surface area (Å²) in [6.45, 7) is 5.20. The zero-order chi connectivity index (χ0) is 24.5. The van der Waals surface area contributed by atoms with Gasteiger partial charge in [0.1, 0.15) is 6.61 Å². The third kappa shape index (κ3) is 4.93. The average Bonchev–Trinajstić information content (AvgIpc) is 3.60. The number of carbonyl (C=O) groups is 3. The van der Waals surface area contributed by atoms with E-state index in [9.17, 15) is 19.5 Å². The van der Waals surface area contributed by atoms with Gasteiger partial charge in [0.25, 0.3) is 0 Å². The normalized spacial score (nSPS) is 16.7. The lowest BCUT2D eigenvalue weighted by Gasteiger charge is -2.31. The highest BCUT2D eigenvalue weighted by Crippen LogP contribution is 2.45. The molecule has 0 aliphatic heterocycles. The van der Waals surface area contributed by atoms with Crippen LogP contribution in [-0.2, 0) is 14.3 Å². The van der Waals surface area contributed by atoms with Crippen LogP contribution in [0.15, 0.2) is 48.5 Å². The highest BCUT2D eigenvalue weighted by atomic mass is 16.5. The van der Waals surface area contributed by atoms with Gasteiger partial charge in [0, 0.05) is 18.9 Å². The number of nitrogens with one attached hydrogen (secondary N) is 2. The van der Waals surface area contributed by atoms with Crippen molar-refractivity contribution < 1.29 is 24.2 Å². The topological polar surface area (TPSA) is 105 Å². The van der Waals surface area contributed by atoms with Crippen LogP contribution in [0.5, 0.6) is 0 Å². The van der Waals surface area contributed by atoms with Crippen LogP contribution < -0.4 is 10.6 Å². The number of carboxylic acid groups (broad SMARTS) is 1. The van der Waals surface area contributed by atoms with E-state index in [1.165, 1.54) is 0 Å². The van der Waals surface area contributed by atoms with Gasteiger partial charge >= 0.3 is 12.1 Å². The first-order valence-electron chi connectivity index (χ1n) is 11.7. The maximum atomic E-state index is 12.8. The molecule has 0 saturated heterocycles. The Morgan fingerprint density at radius 1 is 0.971 bits per heavy atom. The van der Waals surface area contributed by atoms with Crippen LogP contribution in [0.3, 0.4) is 0 Å². The smallest absolute Gasteiger partial charge is 0.407 e. The fraction of sp³-hybridized carbons (Fsp3) is 0.444. The zero-order valence-corrected chi connectivity index (χ0v) is 19.9. The third-order valence-electron chi connectivity index (χ3n) is 7.04. The van der Waals surface area contributed by atoms with Crippen molar-refractivity contribution in [2.24, 2.45) is 11.3 Å². The summed E-state index contributed by atoms with van der Waals surface area (Å²) in [6, 6.07) is 16.3. The van der Waals surface area contributed by atoms with Crippen LogP contribution >= 0.6 is 0 Å². The minimum atomic E-state index is -1.06. The molecule has 2 aliphatic carbocycles. The lowest BCUT2D eigenvalue weighted by Crippen LogP contribution is -2.52. The van der Waals surface area contributed by atoms with Crippen molar-refractivity contribution >= 4 is 18.0 Å². The van der Waals surface area contributed by atoms with Gasteiger partial charge in [-0.15, -0.1) is 0 Å². The van der Waals surface area contributed by atoms with Gasteiger partial charge in [-0.2, -0.15) is 0 Å². The predicted octanol–water partition coefficient (Wildman–Crippen LogP) is 4.31. The lowest BCUT2D eigenvalue weighted by atomic mass is 9.90. The number of fused-ring (bicyclic) bond motifs is 3. The Balaban J connectivity index is 1.38. The summed E-state index contributed by atoms with van der Waals surface area (Å²) < 4.78 is 5.68. The van der Waals surface area contributed by atoms with Gasteiger partial charge in [0.15, 0.2) is 0 Å². The quantitative estimate of drug-likeness (QED) is 0.513. The molecule has 1 fully saturated rings. The standard InChI is InChI=1S/C27H32N2O5/c1-26(2,24(31)32)16-28-23(30)14-27(3,17-12-13-17)29-25(33)34-15-22-20-10-6-4-8-18(20)19-9-5-7-11-21(19)22/h4-11,17,22H,12-16H2,1-3H3,(H,28,30)(H,29,33)(H,31,32). The molecular formula is C27H32N2O5. The Kier molecular flexibility index (Phi) is 6.39. The van der Waals surface area contributed by atoms with Gasteiger partial charge in [-0.05, 0) is 61.8 Å². The number of ether oxygens (including phenoxy) is 1. The molecule has 180 valence electrons. The second kappa shape index (κ2) is 9.12. The number of carbonyl (C=O) groups excluding carboxylic acids is 2. The second-order valence-electron chi connectivity index (χ2n) is 10.3. The molecule has 0 bridgehead atoms. The number of hydrogen-bond acceptors (Lipinski definition) is 4. The monoisotopic (exact) mass is 464 g/mol. The average molecular weight is 465 g/mol. The molecule has 1 unspecified atom stereocenters. The molecule has 7 nitrogen and oxygen atoms in total. The number of rotatable bonds is 9. The molecule has 0 heterocycles. The maximum Gasteiger partial charge on any atom is 0.407 e. The van der Waals surface area contributed by atoms with Crippen molar-refractivity contribution in [3.05, 3.63) is 59.7 Å². The van der Waals surface area contributed by atoms with Crippen LogP contribution in [0.1, 0.15) is 57.1 Å². The van der Waals surface area contributed by atoms with E-state index in [1.807, 2.05) is 31.2 Å². The van der Waals surface area contributed by atoms with Crippen LogP contribution in [0.2, 0.25) is 0 Å². The summed E-state index contributed by atoms with van der Waals surface area (Å²) in [6.07, 6.45) is 1.37. The first-order valence-corrected chi connectivity index (χ1v) is 11.7. The molecule has 3 N–H and O–H groups in total. The summed E-state index contributed by atoms with van der Waals surface area (Å²) in [5, 5.41) is 14.9. The predicted molar refractivity (Wildman–Crippen MR) is 128 cm³/mol. The molecule has 34 heavy (non-hydrogen) atoms. The highest BCUT2D eigenvalue weighted by Gasteiger charge is 2.44. The van der Waals surface area contributed by atoms with Crippen molar-refractivity contribution in [1.29, 1.82) is 0 Å². The van der Waals surface area contributed by atoms with Crippen LogP contribution in [0, 0.1) is 11.3 Å². The van der Waals surface area contributed by atoms with E-state index >= 15 is 0 Å². The molecule has 2 aliphatic rings. The number of amides is 2. The highest BCUT2D eigenvalue weighted by molar-refractivity contribution is 5.81. The molecule has 2 aromatic carbocycles. The number of aliphatic carboxylic acids is 1. The Bertz CT molecular complexity index is 1060. The molecule has 0 aromatic heterocycles. The molecule has 0 spiro atoms. The van der Waals surface area contributed by atoms with Crippen LogP contribution in [0.25, 0.3) is 11.1 Å². The lowest BCUT2D eigenvalue weighted by molar-refractivity contribution is -0.146. The van der Waals surface area contributed by atoms with Gasteiger partial charge in [-0.1, -0.05) is 48.5 Å². The third-order valence-corrected chi connectivity index (χ3v) is 7.04. The Morgan fingerprint density at radius 3 is 2.06 bits per heavy atom. The summed E-state index contributed by atoms with van der Waals surface area (Å²) in [5.41, 5.74) is 2.79. The van der Waals surface area contributed by atoms with E-state index in [-0.39, 0.29) is 37.3 Å². The summed E-state index contributed by atoms with van der Waals surface area (Å²) in [4.78, 5) is 36.7. The van der Waals surface area contributed by atoms with Crippen molar-refractivity contribution in [2.45, 2.75) is 51.5 Å². The van der Waals surface area contributed by atoms with Crippen molar-refractivity contribution in [2.75, 3.05) is 13.2 Å². The minimum absolute atomic E-state index is 0.0207. The van der Waals surface area contributed by atoms with Crippen LogP contribution in [0.4, 0.5) is 4.79 Å². The van der Waals surface area contributed by atoms with Crippen LogP contribution in [-0.4, -0.2) is 41.8 Å². The molecule has 4 rings (SSSR count). The fourth-order valence-corrected chi connectivity index (χ4v) is 4.67. The molecule has 1 saturated carbocycles. The molecule has 2 aromatic rings. The largest absolute Gasteiger partial charge is 0.481 e. The van der Waals surface area contributed by atoms with Crippen molar-refractivity contribution in [3.8, 4) is 11.1 Å². The van der Waals surface area contributed by atoms with E-state index in [2.05, 4.69) is 34.9 Å². The van der Waals surface area contributed by atoms with E-state index in [1.54, 1.807) is 13.8 Å². The van der Waals surface area contributed by atoms with Gasteiger partial charge < -0.3 is 20.5 Å². The van der Waals surface area contributed by atoms with Crippen molar-refractivity contribution in [1.82, 2.24) is 10.6 Å². The number of hydrogen-bond donors (Lipinski definition) is 3. The summed E-state index contributed by atoms with van der Waals surface area (Å²) in [5.74, 6) is -1.12. The summed E-state index contributed by atoms with van der Waals surface area (Å²) >= 11 is 0. The van der Waals surface area contributed by atoms with Crippen molar-refractivity contribution in [3.63, 3.8) is 0 Å². The molecule has 1 atom stereocenters. The molecule has 7 heteroatoms. The Morgan fingerprint density at radius 2 is 1.53 bits per heavy atom. The Labute approximate surface area is 199 Å². The van der Waals surface area contributed by atoms with E-state index < -0.39 is 23.0 Å². The van der Waals surface area contributed by atoms with E-state index in [0.29, 0.717) is 0 Å². The Hall–Kier alpha value is -3.35.